The zero-order valence-corrected chi connectivity index (χ0v) is 17.6. The highest BCUT2D eigenvalue weighted by Crippen LogP contribution is 2.22. The Morgan fingerprint density at radius 3 is 2.55 bits per heavy atom. The predicted molar refractivity (Wildman–Crippen MR) is 118 cm³/mol. The van der Waals surface area contributed by atoms with Crippen LogP contribution in [0, 0.1) is 17.0 Å². The second-order valence-corrected chi connectivity index (χ2v) is 7.25. The maximum absolute atomic E-state index is 12.7. The SMILES string of the molecule is Cc1cc(=O)c(C(=O)NCc2ccc(Cn3cncn3)cc2)nn1-c1ccccc1[N+](=O)[O-]. The fourth-order valence-electron chi connectivity index (χ4n) is 3.28. The molecule has 2 aromatic heterocycles. The van der Waals surface area contributed by atoms with E-state index < -0.39 is 16.3 Å². The Labute approximate surface area is 187 Å². The molecule has 2 aromatic carbocycles. The molecule has 0 aliphatic heterocycles. The number of carbonyl (C=O) groups is 1. The van der Waals surface area contributed by atoms with Crippen LogP contribution >= 0.6 is 0 Å². The number of benzene rings is 2. The standard InChI is InChI=1S/C22H19N7O4/c1-15-10-20(30)21(26-28(15)18-4-2-3-5-19(18)29(32)33)22(31)24-11-16-6-8-17(9-7-16)12-27-14-23-13-25-27/h2-10,13-14H,11-12H2,1H3,(H,24,31). The fraction of sp³-hybridized carbons (Fsp3) is 0.136. The third kappa shape index (κ3) is 4.82. The normalized spacial score (nSPS) is 10.7. The average Bonchev–Trinajstić information content (AvgIpc) is 3.31. The van der Waals surface area contributed by atoms with Gasteiger partial charge in [0.25, 0.3) is 11.6 Å². The Bertz CT molecular complexity index is 1360. The van der Waals surface area contributed by atoms with Gasteiger partial charge in [0, 0.05) is 24.4 Å². The molecule has 1 N–H and O–H groups in total. The summed E-state index contributed by atoms with van der Waals surface area (Å²) in [4.78, 5) is 39.8. The number of nitrogens with one attached hydrogen (secondary N) is 1. The van der Waals surface area contributed by atoms with E-state index in [9.17, 15) is 19.7 Å². The maximum Gasteiger partial charge on any atom is 0.294 e. The van der Waals surface area contributed by atoms with E-state index in [-0.39, 0.29) is 23.6 Å². The average molecular weight is 445 g/mol. The number of aromatic nitrogens is 5. The van der Waals surface area contributed by atoms with Gasteiger partial charge in [-0.2, -0.15) is 10.2 Å². The Morgan fingerprint density at radius 1 is 1.12 bits per heavy atom. The summed E-state index contributed by atoms with van der Waals surface area (Å²) in [6.45, 7) is 2.35. The van der Waals surface area contributed by atoms with Crippen LogP contribution in [-0.4, -0.2) is 35.4 Å². The Morgan fingerprint density at radius 2 is 1.85 bits per heavy atom. The summed E-state index contributed by atoms with van der Waals surface area (Å²) in [6.07, 6.45) is 3.09. The van der Waals surface area contributed by atoms with Crippen LogP contribution in [0.3, 0.4) is 0 Å². The molecule has 1 amide bonds. The van der Waals surface area contributed by atoms with Crippen LogP contribution in [0.4, 0.5) is 5.69 Å². The van der Waals surface area contributed by atoms with E-state index in [4.69, 9.17) is 0 Å². The van der Waals surface area contributed by atoms with E-state index in [0.29, 0.717) is 12.2 Å². The van der Waals surface area contributed by atoms with Crippen molar-refractivity contribution in [3.63, 3.8) is 0 Å². The summed E-state index contributed by atoms with van der Waals surface area (Å²) in [7, 11) is 0. The van der Waals surface area contributed by atoms with E-state index in [1.807, 2.05) is 24.3 Å². The predicted octanol–water partition coefficient (Wildman–Crippen LogP) is 2.02. The molecule has 0 atom stereocenters. The van der Waals surface area contributed by atoms with Crippen molar-refractivity contribution in [1.82, 2.24) is 29.9 Å². The zero-order valence-electron chi connectivity index (χ0n) is 17.6. The fourth-order valence-corrected chi connectivity index (χ4v) is 3.28. The van der Waals surface area contributed by atoms with Gasteiger partial charge in [-0.1, -0.05) is 36.4 Å². The molecule has 33 heavy (non-hydrogen) atoms. The monoisotopic (exact) mass is 445 g/mol. The molecule has 0 fully saturated rings. The minimum absolute atomic E-state index is 0.164. The van der Waals surface area contributed by atoms with E-state index in [1.54, 1.807) is 24.0 Å². The van der Waals surface area contributed by atoms with Crippen molar-refractivity contribution in [3.05, 3.63) is 110 Å². The number of hydrogen-bond donors (Lipinski definition) is 1. The lowest BCUT2D eigenvalue weighted by atomic mass is 10.1. The first-order chi connectivity index (χ1) is 15.9. The molecule has 11 heteroatoms. The summed E-state index contributed by atoms with van der Waals surface area (Å²) >= 11 is 0. The number of nitro benzene ring substituents is 1. The number of carbonyl (C=O) groups excluding carboxylic acids is 1. The minimum Gasteiger partial charge on any atom is -0.346 e. The first-order valence-electron chi connectivity index (χ1n) is 9.95. The third-order valence-corrected chi connectivity index (χ3v) is 4.92. The second kappa shape index (κ2) is 9.22. The van der Waals surface area contributed by atoms with E-state index >= 15 is 0 Å². The zero-order chi connectivity index (χ0) is 23.4. The summed E-state index contributed by atoms with van der Waals surface area (Å²) in [6, 6.07) is 14.8. The van der Waals surface area contributed by atoms with Gasteiger partial charge >= 0.3 is 0 Å². The minimum atomic E-state index is -0.668. The molecule has 0 spiro atoms. The van der Waals surface area contributed by atoms with Gasteiger partial charge in [0.2, 0.25) is 5.43 Å². The Hall–Kier alpha value is -4.67. The Balaban J connectivity index is 1.51. The quantitative estimate of drug-likeness (QED) is 0.339. The number of nitrogens with zero attached hydrogens (tertiary/aromatic N) is 6. The first-order valence-corrected chi connectivity index (χ1v) is 9.95. The molecule has 4 aromatic rings. The van der Waals surface area contributed by atoms with Crippen LogP contribution in [0.1, 0.15) is 27.3 Å². The molecule has 4 rings (SSSR count). The van der Waals surface area contributed by atoms with Crippen LogP contribution < -0.4 is 10.7 Å². The van der Waals surface area contributed by atoms with Crippen molar-refractivity contribution < 1.29 is 9.72 Å². The van der Waals surface area contributed by atoms with Gasteiger partial charge in [-0.05, 0) is 24.1 Å². The molecular weight excluding hydrogens is 426 g/mol. The van der Waals surface area contributed by atoms with Crippen LogP contribution in [0.5, 0.6) is 0 Å². The molecule has 0 bridgehead atoms. The Kier molecular flexibility index (Phi) is 6.02. The van der Waals surface area contributed by atoms with Crippen molar-refractivity contribution in [2.75, 3.05) is 0 Å². The molecule has 0 unspecified atom stereocenters. The van der Waals surface area contributed by atoms with Crippen molar-refractivity contribution in [2.24, 2.45) is 0 Å². The molecule has 0 saturated heterocycles. The molecule has 166 valence electrons. The second-order valence-electron chi connectivity index (χ2n) is 7.25. The van der Waals surface area contributed by atoms with Crippen molar-refractivity contribution in [1.29, 1.82) is 0 Å². The van der Waals surface area contributed by atoms with E-state index in [1.165, 1.54) is 35.3 Å². The highest BCUT2D eigenvalue weighted by Gasteiger charge is 2.20. The number of para-hydroxylation sites is 2. The van der Waals surface area contributed by atoms with Gasteiger partial charge in [0.1, 0.15) is 18.3 Å². The van der Waals surface area contributed by atoms with Gasteiger partial charge in [0.05, 0.1) is 11.5 Å². The lowest BCUT2D eigenvalue weighted by Gasteiger charge is -2.12. The maximum atomic E-state index is 12.7. The van der Waals surface area contributed by atoms with Crippen molar-refractivity contribution >= 4 is 11.6 Å². The molecule has 11 nitrogen and oxygen atoms in total. The van der Waals surface area contributed by atoms with Crippen LogP contribution in [0.2, 0.25) is 0 Å². The number of hydrogen-bond acceptors (Lipinski definition) is 7. The highest BCUT2D eigenvalue weighted by molar-refractivity contribution is 5.92. The van der Waals surface area contributed by atoms with Crippen molar-refractivity contribution in [2.45, 2.75) is 20.0 Å². The van der Waals surface area contributed by atoms with Gasteiger partial charge < -0.3 is 5.32 Å². The molecule has 2 heterocycles. The highest BCUT2D eigenvalue weighted by atomic mass is 16.6. The van der Waals surface area contributed by atoms with Crippen LogP contribution in [0.25, 0.3) is 5.69 Å². The topological polar surface area (TPSA) is 138 Å². The third-order valence-electron chi connectivity index (χ3n) is 4.92. The largest absolute Gasteiger partial charge is 0.346 e. The first kappa shape index (κ1) is 21.6. The number of aryl methyl sites for hydroxylation is 1. The number of rotatable bonds is 7. The van der Waals surface area contributed by atoms with Gasteiger partial charge in [0.15, 0.2) is 5.69 Å². The lowest BCUT2D eigenvalue weighted by molar-refractivity contribution is -0.384. The summed E-state index contributed by atoms with van der Waals surface area (Å²) in [5, 5.41) is 22.2. The number of amides is 1. The molecule has 0 aliphatic carbocycles. The molecule has 0 saturated carbocycles. The van der Waals surface area contributed by atoms with Gasteiger partial charge in [-0.15, -0.1) is 0 Å². The molecular formula is C22H19N7O4. The van der Waals surface area contributed by atoms with E-state index in [0.717, 1.165) is 11.1 Å². The molecule has 0 aliphatic rings. The summed E-state index contributed by atoms with van der Waals surface area (Å²) in [5.41, 5.74) is 1.28. The summed E-state index contributed by atoms with van der Waals surface area (Å²) < 4.78 is 2.93. The van der Waals surface area contributed by atoms with Gasteiger partial charge in [-0.3, -0.25) is 19.7 Å². The van der Waals surface area contributed by atoms with Gasteiger partial charge in [-0.25, -0.2) is 14.3 Å². The van der Waals surface area contributed by atoms with E-state index in [2.05, 4.69) is 20.5 Å². The van der Waals surface area contributed by atoms with Crippen LogP contribution in [0.15, 0.2) is 72.0 Å². The lowest BCUT2D eigenvalue weighted by Crippen LogP contribution is -2.31. The van der Waals surface area contributed by atoms with Crippen molar-refractivity contribution in [3.8, 4) is 5.69 Å². The van der Waals surface area contributed by atoms with Crippen LogP contribution in [-0.2, 0) is 13.1 Å². The summed E-state index contributed by atoms with van der Waals surface area (Å²) in [5.74, 6) is -0.668. The number of nitro groups is 1. The smallest absolute Gasteiger partial charge is 0.294 e. The molecule has 0 radical (unpaired) electrons.